The average molecular weight is 314 g/mol. The SMILES string of the molecule is COc1ccc(C)cc1[C@@H](C)NC(=S)Nc1ccc(C)cc1. The summed E-state index contributed by atoms with van der Waals surface area (Å²) in [6, 6.07) is 14.3. The molecule has 3 nitrogen and oxygen atoms in total. The van der Waals surface area contributed by atoms with Crippen molar-refractivity contribution >= 4 is 23.0 Å². The van der Waals surface area contributed by atoms with Crippen molar-refractivity contribution in [3.05, 3.63) is 59.2 Å². The molecule has 0 spiro atoms. The molecule has 0 saturated heterocycles. The summed E-state index contributed by atoms with van der Waals surface area (Å²) >= 11 is 5.39. The van der Waals surface area contributed by atoms with Gasteiger partial charge in [0.2, 0.25) is 0 Å². The molecular formula is C18H22N2OS. The second kappa shape index (κ2) is 7.27. The fourth-order valence-electron chi connectivity index (χ4n) is 2.27. The van der Waals surface area contributed by atoms with Crippen molar-refractivity contribution in [3.8, 4) is 5.75 Å². The zero-order valence-corrected chi connectivity index (χ0v) is 14.3. The number of rotatable bonds is 4. The van der Waals surface area contributed by atoms with Gasteiger partial charge in [-0.2, -0.15) is 0 Å². The highest BCUT2D eigenvalue weighted by molar-refractivity contribution is 7.80. The van der Waals surface area contributed by atoms with Gasteiger partial charge in [-0.15, -0.1) is 0 Å². The number of hydrogen-bond donors (Lipinski definition) is 2. The van der Waals surface area contributed by atoms with E-state index in [1.807, 2.05) is 24.3 Å². The Labute approximate surface area is 137 Å². The summed E-state index contributed by atoms with van der Waals surface area (Å²) in [7, 11) is 1.68. The van der Waals surface area contributed by atoms with Crippen molar-refractivity contribution in [2.75, 3.05) is 12.4 Å². The lowest BCUT2D eigenvalue weighted by Gasteiger charge is -2.20. The minimum Gasteiger partial charge on any atom is -0.496 e. The van der Waals surface area contributed by atoms with Crippen LogP contribution >= 0.6 is 12.2 Å². The first kappa shape index (κ1) is 16.3. The van der Waals surface area contributed by atoms with Gasteiger partial charge >= 0.3 is 0 Å². The summed E-state index contributed by atoms with van der Waals surface area (Å²) < 4.78 is 5.43. The number of hydrogen-bond acceptors (Lipinski definition) is 2. The van der Waals surface area contributed by atoms with Crippen molar-refractivity contribution in [1.29, 1.82) is 0 Å². The summed E-state index contributed by atoms with van der Waals surface area (Å²) in [6.07, 6.45) is 0. The van der Waals surface area contributed by atoms with Crippen molar-refractivity contribution in [3.63, 3.8) is 0 Å². The lowest BCUT2D eigenvalue weighted by Crippen LogP contribution is -2.31. The fraction of sp³-hybridized carbons (Fsp3) is 0.278. The van der Waals surface area contributed by atoms with Crippen LogP contribution < -0.4 is 15.4 Å². The number of nitrogens with one attached hydrogen (secondary N) is 2. The van der Waals surface area contributed by atoms with Gasteiger partial charge in [0.05, 0.1) is 13.2 Å². The molecule has 0 radical (unpaired) electrons. The Kier molecular flexibility index (Phi) is 5.39. The fourth-order valence-corrected chi connectivity index (χ4v) is 2.57. The molecular weight excluding hydrogens is 292 g/mol. The molecule has 0 aliphatic carbocycles. The molecule has 2 aromatic rings. The zero-order valence-electron chi connectivity index (χ0n) is 13.4. The van der Waals surface area contributed by atoms with Crippen LogP contribution in [0.15, 0.2) is 42.5 Å². The monoisotopic (exact) mass is 314 g/mol. The van der Waals surface area contributed by atoms with E-state index in [2.05, 4.69) is 49.6 Å². The Morgan fingerprint density at radius 2 is 1.68 bits per heavy atom. The van der Waals surface area contributed by atoms with E-state index in [1.165, 1.54) is 11.1 Å². The number of methoxy groups -OCH3 is 1. The van der Waals surface area contributed by atoms with Gasteiger partial charge in [-0.1, -0.05) is 35.4 Å². The predicted octanol–water partition coefficient (Wildman–Crippen LogP) is 4.36. The third-order valence-corrected chi connectivity index (χ3v) is 3.73. The van der Waals surface area contributed by atoms with Crippen LogP contribution in [0.25, 0.3) is 0 Å². The molecule has 0 bridgehead atoms. The largest absolute Gasteiger partial charge is 0.496 e. The van der Waals surface area contributed by atoms with E-state index >= 15 is 0 Å². The molecule has 2 rings (SSSR count). The normalized spacial score (nSPS) is 11.6. The summed E-state index contributed by atoms with van der Waals surface area (Å²) in [5, 5.41) is 7.10. The molecule has 116 valence electrons. The van der Waals surface area contributed by atoms with Gasteiger partial charge in [0, 0.05) is 11.3 Å². The molecule has 4 heteroatoms. The maximum Gasteiger partial charge on any atom is 0.171 e. The number of anilines is 1. The standard InChI is InChI=1S/C18H22N2OS/c1-12-5-8-15(9-6-12)20-18(22)19-14(3)16-11-13(2)7-10-17(16)21-4/h5-11,14H,1-4H3,(H2,19,20,22)/t14-/m1/s1. The Balaban J connectivity index is 2.05. The molecule has 0 aromatic heterocycles. The van der Waals surface area contributed by atoms with Crippen LogP contribution in [0.3, 0.4) is 0 Å². The van der Waals surface area contributed by atoms with Crippen molar-refractivity contribution < 1.29 is 4.74 Å². The van der Waals surface area contributed by atoms with E-state index in [4.69, 9.17) is 17.0 Å². The van der Waals surface area contributed by atoms with Gasteiger partial charge in [-0.25, -0.2) is 0 Å². The zero-order chi connectivity index (χ0) is 16.1. The topological polar surface area (TPSA) is 33.3 Å². The first-order valence-corrected chi connectivity index (χ1v) is 7.69. The minimum absolute atomic E-state index is 0.0558. The highest BCUT2D eigenvalue weighted by atomic mass is 32.1. The van der Waals surface area contributed by atoms with E-state index < -0.39 is 0 Å². The van der Waals surface area contributed by atoms with Crippen LogP contribution in [-0.4, -0.2) is 12.2 Å². The average Bonchev–Trinajstić information content (AvgIpc) is 2.49. The maximum atomic E-state index is 5.43. The molecule has 0 amide bonds. The van der Waals surface area contributed by atoms with Gasteiger partial charge in [0.1, 0.15) is 5.75 Å². The molecule has 22 heavy (non-hydrogen) atoms. The molecule has 0 unspecified atom stereocenters. The van der Waals surface area contributed by atoms with Crippen LogP contribution in [0, 0.1) is 13.8 Å². The van der Waals surface area contributed by atoms with E-state index in [0.717, 1.165) is 17.0 Å². The van der Waals surface area contributed by atoms with Crippen LogP contribution in [0.5, 0.6) is 5.75 Å². The molecule has 0 aliphatic heterocycles. The first-order valence-electron chi connectivity index (χ1n) is 7.28. The third kappa shape index (κ3) is 4.21. The molecule has 2 N–H and O–H groups in total. The number of benzene rings is 2. The third-order valence-electron chi connectivity index (χ3n) is 3.51. The van der Waals surface area contributed by atoms with E-state index in [-0.39, 0.29) is 6.04 Å². The number of aryl methyl sites for hydroxylation is 2. The van der Waals surface area contributed by atoms with Crippen molar-refractivity contribution in [1.82, 2.24) is 5.32 Å². The molecule has 0 fully saturated rings. The summed E-state index contributed by atoms with van der Waals surface area (Å²) in [5.41, 5.74) is 4.49. The van der Waals surface area contributed by atoms with Gasteiger partial charge in [-0.3, -0.25) is 0 Å². The predicted molar refractivity (Wildman–Crippen MR) is 96.7 cm³/mol. The molecule has 2 aromatic carbocycles. The van der Waals surface area contributed by atoms with E-state index in [0.29, 0.717) is 5.11 Å². The summed E-state index contributed by atoms with van der Waals surface area (Å²) in [4.78, 5) is 0. The highest BCUT2D eigenvalue weighted by Crippen LogP contribution is 2.26. The lowest BCUT2D eigenvalue weighted by atomic mass is 10.0. The molecule has 0 saturated carbocycles. The van der Waals surface area contributed by atoms with Crippen molar-refractivity contribution in [2.24, 2.45) is 0 Å². The van der Waals surface area contributed by atoms with Crippen LogP contribution in [0.1, 0.15) is 29.7 Å². The second-order valence-electron chi connectivity index (χ2n) is 5.43. The van der Waals surface area contributed by atoms with Gasteiger partial charge in [0.25, 0.3) is 0 Å². The molecule has 1 atom stereocenters. The summed E-state index contributed by atoms with van der Waals surface area (Å²) in [5.74, 6) is 0.865. The first-order chi connectivity index (χ1) is 10.5. The van der Waals surface area contributed by atoms with Crippen LogP contribution in [0.4, 0.5) is 5.69 Å². The maximum absolute atomic E-state index is 5.43. The molecule has 0 heterocycles. The van der Waals surface area contributed by atoms with E-state index in [9.17, 15) is 0 Å². The second-order valence-corrected chi connectivity index (χ2v) is 5.84. The Morgan fingerprint density at radius 3 is 2.32 bits per heavy atom. The van der Waals surface area contributed by atoms with Gasteiger partial charge in [0.15, 0.2) is 5.11 Å². The van der Waals surface area contributed by atoms with Crippen LogP contribution in [0.2, 0.25) is 0 Å². The van der Waals surface area contributed by atoms with Gasteiger partial charge in [-0.05, 0) is 51.2 Å². The summed E-state index contributed by atoms with van der Waals surface area (Å²) in [6.45, 7) is 6.20. The Morgan fingerprint density at radius 1 is 1.05 bits per heavy atom. The minimum atomic E-state index is 0.0558. The van der Waals surface area contributed by atoms with Gasteiger partial charge < -0.3 is 15.4 Å². The lowest BCUT2D eigenvalue weighted by molar-refractivity contribution is 0.405. The number of thiocarbonyl (C=S) groups is 1. The Hall–Kier alpha value is -2.07. The smallest absolute Gasteiger partial charge is 0.171 e. The van der Waals surface area contributed by atoms with Crippen LogP contribution in [-0.2, 0) is 0 Å². The quantitative estimate of drug-likeness (QED) is 0.822. The Bertz CT molecular complexity index is 653. The van der Waals surface area contributed by atoms with Crippen molar-refractivity contribution in [2.45, 2.75) is 26.8 Å². The van der Waals surface area contributed by atoms with E-state index in [1.54, 1.807) is 7.11 Å². The highest BCUT2D eigenvalue weighted by Gasteiger charge is 2.12. The molecule has 0 aliphatic rings. The number of ether oxygens (including phenoxy) is 1.